The maximum atomic E-state index is 6.05. The second-order valence-corrected chi connectivity index (χ2v) is 6.04. The van der Waals surface area contributed by atoms with E-state index < -0.39 is 0 Å². The molecule has 3 atom stereocenters. The number of aromatic nitrogens is 3. The topological polar surface area (TPSA) is 81.2 Å². The van der Waals surface area contributed by atoms with Crippen molar-refractivity contribution in [2.45, 2.75) is 57.3 Å². The molecule has 0 aliphatic carbocycles. The van der Waals surface area contributed by atoms with Gasteiger partial charge in [0.1, 0.15) is 12.2 Å². The van der Waals surface area contributed by atoms with E-state index in [1.165, 1.54) is 19.4 Å². The van der Waals surface area contributed by atoms with Gasteiger partial charge in [-0.15, -0.1) is 0 Å². The zero-order valence-corrected chi connectivity index (χ0v) is 12.7. The molecule has 7 nitrogen and oxygen atoms in total. The van der Waals surface area contributed by atoms with Crippen LogP contribution in [0.2, 0.25) is 0 Å². The van der Waals surface area contributed by atoms with Crippen LogP contribution in [0.5, 0.6) is 0 Å². The Labute approximate surface area is 125 Å². The lowest BCUT2D eigenvalue weighted by Crippen LogP contribution is -2.56. The second kappa shape index (κ2) is 6.83. The van der Waals surface area contributed by atoms with E-state index in [0.717, 1.165) is 38.4 Å². The first-order chi connectivity index (χ1) is 10.3. The third-order valence-corrected chi connectivity index (χ3v) is 4.61. The monoisotopic (exact) mass is 294 g/mol. The molecule has 0 aromatic carbocycles. The molecule has 0 radical (unpaired) electrons. The Bertz CT molecular complexity index is 450. The normalized spacial score (nSPS) is 27.7. The van der Waals surface area contributed by atoms with Gasteiger partial charge in [-0.1, -0.05) is 6.92 Å². The van der Waals surface area contributed by atoms with Crippen LogP contribution < -0.4 is 11.3 Å². The van der Waals surface area contributed by atoms with Crippen LogP contribution in [0, 0.1) is 0 Å². The van der Waals surface area contributed by atoms with Crippen molar-refractivity contribution in [2.24, 2.45) is 5.84 Å². The molecular weight excluding hydrogens is 268 g/mol. The van der Waals surface area contributed by atoms with Crippen molar-refractivity contribution in [1.29, 1.82) is 0 Å². The Kier molecular flexibility index (Phi) is 4.84. The van der Waals surface area contributed by atoms with Crippen LogP contribution in [-0.2, 0) is 17.7 Å². The maximum Gasteiger partial charge on any atom is 0.138 e. The summed E-state index contributed by atoms with van der Waals surface area (Å²) >= 11 is 0. The van der Waals surface area contributed by atoms with Gasteiger partial charge in [0, 0.05) is 25.6 Å². The van der Waals surface area contributed by atoms with E-state index in [0.29, 0.717) is 6.04 Å². The van der Waals surface area contributed by atoms with Gasteiger partial charge in [0.25, 0.3) is 0 Å². The van der Waals surface area contributed by atoms with Crippen LogP contribution in [0.1, 0.15) is 32.0 Å². The van der Waals surface area contributed by atoms with E-state index in [1.807, 2.05) is 4.68 Å². The number of hydrogen-bond acceptors (Lipinski definition) is 6. The average molecular weight is 294 g/mol. The quantitative estimate of drug-likeness (QED) is 0.564. The van der Waals surface area contributed by atoms with E-state index in [4.69, 9.17) is 10.6 Å². The van der Waals surface area contributed by atoms with Crippen LogP contribution in [0.4, 0.5) is 0 Å². The molecule has 21 heavy (non-hydrogen) atoms. The van der Waals surface area contributed by atoms with Crippen LogP contribution in [-0.4, -0.2) is 57.5 Å². The number of hydrogen-bond donors (Lipinski definition) is 2. The van der Waals surface area contributed by atoms with Crippen molar-refractivity contribution in [3.63, 3.8) is 0 Å². The van der Waals surface area contributed by atoms with Gasteiger partial charge >= 0.3 is 0 Å². The first-order valence-corrected chi connectivity index (χ1v) is 8.00. The summed E-state index contributed by atoms with van der Waals surface area (Å²) in [4.78, 5) is 6.91. The highest BCUT2D eigenvalue weighted by molar-refractivity contribution is 4.96. The SMILES string of the molecule is CCCn1ncnc1CC(NN)C1CN2CCCC2CO1. The van der Waals surface area contributed by atoms with Crippen molar-refractivity contribution in [3.8, 4) is 0 Å². The zero-order valence-electron chi connectivity index (χ0n) is 12.7. The molecule has 0 spiro atoms. The van der Waals surface area contributed by atoms with Gasteiger partial charge in [0.15, 0.2) is 0 Å². The summed E-state index contributed by atoms with van der Waals surface area (Å²) in [6.07, 6.45) is 6.09. The average Bonchev–Trinajstić information content (AvgIpc) is 3.13. The highest BCUT2D eigenvalue weighted by Crippen LogP contribution is 2.24. The largest absolute Gasteiger partial charge is 0.374 e. The summed E-state index contributed by atoms with van der Waals surface area (Å²) in [6, 6.07) is 0.690. The first-order valence-electron chi connectivity index (χ1n) is 8.00. The number of hydrazine groups is 1. The molecule has 0 saturated carbocycles. The highest BCUT2D eigenvalue weighted by Gasteiger charge is 2.35. The molecule has 2 fully saturated rings. The number of nitrogens with one attached hydrogen (secondary N) is 1. The van der Waals surface area contributed by atoms with Crippen molar-refractivity contribution in [3.05, 3.63) is 12.2 Å². The number of morpholine rings is 1. The molecule has 2 aliphatic rings. The molecule has 3 N–H and O–H groups in total. The molecule has 2 aliphatic heterocycles. The number of rotatable bonds is 6. The predicted molar refractivity (Wildman–Crippen MR) is 79.5 cm³/mol. The van der Waals surface area contributed by atoms with Gasteiger partial charge in [-0.05, 0) is 25.8 Å². The number of nitrogens with zero attached hydrogens (tertiary/aromatic N) is 4. The molecule has 7 heteroatoms. The Hall–Kier alpha value is -1.02. The molecule has 3 heterocycles. The van der Waals surface area contributed by atoms with Gasteiger partial charge in [-0.25, -0.2) is 4.98 Å². The predicted octanol–water partition coefficient (Wildman–Crippen LogP) is -0.0743. The van der Waals surface area contributed by atoms with E-state index in [9.17, 15) is 0 Å². The summed E-state index contributed by atoms with van der Waals surface area (Å²) in [5, 5.41) is 4.28. The molecule has 2 saturated heterocycles. The summed E-state index contributed by atoms with van der Waals surface area (Å²) in [6.45, 7) is 6.01. The fourth-order valence-corrected chi connectivity index (χ4v) is 3.43. The molecule has 3 rings (SSSR count). The maximum absolute atomic E-state index is 6.05. The third-order valence-electron chi connectivity index (χ3n) is 4.61. The third kappa shape index (κ3) is 3.26. The Balaban J connectivity index is 1.63. The van der Waals surface area contributed by atoms with Crippen molar-refractivity contribution >= 4 is 0 Å². The molecule has 1 aromatic heterocycles. The minimum Gasteiger partial charge on any atom is -0.374 e. The van der Waals surface area contributed by atoms with Crippen LogP contribution in [0.15, 0.2) is 6.33 Å². The van der Waals surface area contributed by atoms with E-state index in [-0.39, 0.29) is 12.1 Å². The van der Waals surface area contributed by atoms with E-state index in [1.54, 1.807) is 6.33 Å². The summed E-state index contributed by atoms with van der Waals surface area (Å²) in [7, 11) is 0. The summed E-state index contributed by atoms with van der Waals surface area (Å²) < 4.78 is 8.02. The Morgan fingerprint density at radius 1 is 1.57 bits per heavy atom. The van der Waals surface area contributed by atoms with Crippen LogP contribution in [0.3, 0.4) is 0 Å². The van der Waals surface area contributed by atoms with E-state index in [2.05, 4.69) is 27.3 Å². The van der Waals surface area contributed by atoms with Crippen molar-refractivity contribution < 1.29 is 4.74 Å². The molecular formula is C14H26N6O. The van der Waals surface area contributed by atoms with Gasteiger partial charge < -0.3 is 4.74 Å². The number of nitrogens with two attached hydrogens (primary N) is 1. The van der Waals surface area contributed by atoms with Gasteiger partial charge in [0.05, 0.1) is 18.8 Å². The van der Waals surface area contributed by atoms with Gasteiger partial charge in [-0.3, -0.25) is 20.9 Å². The molecule has 0 amide bonds. The lowest BCUT2D eigenvalue weighted by Gasteiger charge is -2.38. The van der Waals surface area contributed by atoms with Gasteiger partial charge in [0.2, 0.25) is 0 Å². The number of ether oxygens (including phenoxy) is 1. The molecule has 0 bridgehead atoms. The zero-order chi connectivity index (χ0) is 14.7. The summed E-state index contributed by atoms with van der Waals surface area (Å²) in [5.41, 5.74) is 2.93. The standard InChI is InChI=1S/C14H26N6O/c1-2-5-20-14(16-10-17-20)7-12(18-15)13-8-19-6-3-4-11(19)9-21-13/h10-13,18H,2-9,15H2,1H3. The molecule has 1 aromatic rings. The van der Waals surface area contributed by atoms with E-state index >= 15 is 0 Å². The van der Waals surface area contributed by atoms with Crippen LogP contribution in [0.25, 0.3) is 0 Å². The Morgan fingerprint density at radius 2 is 2.48 bits per heavy atom. The van der Waals surface area contributed by atoms with Crippen molar-refractivity contribution in [2.75, 3.05) is 19.7 Å². The smallest absolute Gasteiger partial charge is 0.138 e. The highest BCUT2D eigenvalue weighted by atomic mass is 16.5. The summed E-state index contributed by atoms with van der Waals surface area (Å²) in [5.74, 6) is 6.75. The minimum atomic E-state index is 0.0753. The number of aryl methyl sites for hydroxylation is 1. The first kappa shape index (κ1) is 14.9. The number of fused-ring (bicyclic) bond motifs is 1. The fraction of sp³-hybridized carbons (Fsp3) is 0.857. The Morgan fingerprint density at radius 3 is 3.29 bits per heavy atom. The molecule has 3 unspecified atom stereocenters. The minimum absolute atomic E-state index is 0.0753. The second-order valence-electron chi connectivity index (χ2n) is 6.04. The molecule has 118 valence electrons. The van der Waals surface area contributed by atoms with Crippen molar-refractivity contribution in [1.82, 2.24) is 25.1 Å². The van der Waals surface area contributed by atoms with Crippen LogP contribution >= 0.6 is 0 Å². The lowest BCUT2D eigenvalue weighted by molar-refractivity contribution is -0.0647. The lowest BCUT2D eigenvalue weighted by atomic mass is 10.0. The van der Waals surface area contributed by atoms with Gasteiger partial charge in [-0.2, -0.15) is 5.10 Å². The fourth-order valence-electron chi connectivity index (χ4n) is 3.43.